The van der Waals surface area contributed by atoms with Gasteiger partial charge < -0.3 is 4.90 Å². The van der Waals surface area contributed by atoms with E-state index in [0.29, 0.717) is 18.2 Å². The Morgan fingerprint density at radius 2 is 2.18 bits per heavy atom. The van der Waals surface area contributed by atoms with Crippen molar-refractivity contribution in [2.45, 2.75) is 39.0 Å². The van der Waals surface area contributed by atoms with Gasteiger partial charge in [0.2, 0.25) is 5.91 Å². The van der Waals surface area contributed by atoms with Gasteiger partial charge >= 0.3 is 0 Å². The van der Waals surface area contributed by atoms with Crippen LogP contribution in [0.2, 0.25) is 0 Å². The summed E-state index contributed by atoms with van der Waals surface area (Å²) >= 11 is 0. The van der Waals surface area contributed by atoms with Crippen molar-refractivity contribution in [1.82, 2.24) is 14.9 Å². The van der Waals surface area contributed by atoms with Gasteiger partial charge in [0.25, 0.3) is 0 Å². The number of likely N-dealkylation sites (tertiary alicyclic amines) is 1. The number of hydrogen-bond acceptors (Lipinski definition) is 3. The largest absolute Gasteiger partial charge is 0.343 e. The van der Waals surface area contributed by atoms with Gasteiger partial charge in [-0.05, 0) is 49.3 Å². The third-order valence-electron chi connectivity index (χ3n) is 4.64. The molecule has 0 spiro atoms. The lowest BCUT2D eigenvalue weighted by Crippen LogP contribution is -2.31. The van der Waals surface area contributed by atoms with Gasteiger partial charge in [0.1, 0.15) is 0 Å². The first kappa shape index (κ1) is 14.9. The highest BCUT2D eigenvalue weighted by molar-refractivity contribution is 5.80. The van der Waals surface area contributed by atoms with E-state index in [1.54, 1.807) is 6.20 Å². The van der Waals surface area contributed by atoms with Crippen molar-refractivity contribution in [2.24, 2.45) is 5.92 Å². The minimum Gasteiger partial charge on any atom is -0.343 e. The molecule has 2 aromatic heterocycles. The molecule has 116 valence electrons. The quantitative estimate of drug-likeness (QED) is 0.874. The van der Waals surface area contributed by atoms with Crippen molar-refractivity contribution in [1.29, 1.82) is 0 Å². The summed E-state index contributed by atoms with van der Waals surface area (Å²) in [6, 6.07) is 4.08. The Morgan fingerprint density at radius 3 is 3.05 bits per heavy atom. The van der Waals surface area contributed by atoms with Crippen LogP contribution in [0.4, 0.5) is 0 Å². The lowest BCUT2D eigenvalue weighted by Gasteiger charge is -2.20. The average molecular weight is 297 g/mol. The topological polar surface area (TPSA) is 46.1 Å². The van der Waals surface area contributed by atoms with Crippen molar-refractivity contribution >= 4 is 16.8 Å². The van der Waals surface area contributed by atoms with Crippen molar-refractivity contribution in [3.8, 4) is 0 Å². The van der Waals surface area contributed by atoms with E-state index in [4.69, 9.17) is 0 Å². The first-order chi connectivity index (χ1) is 10.8. The van der Waals surface area contributed by atoms with Gasteiger partial charge in [0, 0.05) is 43.5 Å². The number of pyridine rings is 2. The summed E-state index contributed by atoms with van der Waals surface area (Å²) in [5, 5.41) is 1.16. The summed E-state index contributed by atoms with van der Waals surface area (Å²) in [6.07, 6.45) is 10.7. The Morgan fingerprint density at radius 1 is 1.27 bits per heavy atom. The van der Waals surface area contributed by atoms with E-state index in [2.05, 4.69) is 16.0 Å². The van der Waals surface area contributed by atoms with Crippen LogP contribution in [-0.2, 0) is 11.2 Å². The molecule has 4 heteroatoms. The number of carbonyl (C=O) groups excluding carboxylic acids is 1. The van der Waals surface area contributed by atoms with E-state index in [1.807, 2.05) is 30.3 Å². The van der Waals surface area contributed by atoms with Crippen LogP contribution in [0.25, 0.3) is 10.9 Å². The number of fused-ring (bicyclic) bond motifs is 1. The SMILES string of the molecule is CCC(=O)N1CCCC(Cc2ccnc3ccncc23)CC1. The fourth-order valence-electron chi connectivity index (χ4n) is 3.38. The van der Waals surface area contributed by atoms with Gasteiger partial charge in [0.05, 0.1) is 5.52 Å². The smallest absolute Gasteiger partial charge is 0.222 e. The zero-order chi connectivity index (χ0) is 15.4. The summed E-state index contributed by atoms with van der Waals surface area (Å²) in [4.78, 5) is 22.5. The maximum atomic E-state index is 11.9. The predicted octanol–water partition coefficient (Wildman–Crippen LogP) is 3.21. The van der Waals surface area contributed by atoms with E-state index >= 15 is 0 Å². The van der Waals surface area contributed by atoms with Gasteiger partial charge in [-0.1, -0.05) is 6.92 Å². The van der Waals surface area contributed by atoms with Crippen molar-refractivity contribution in [2.75, 3.05) is 13.1 Å². The van der Waals surface area contributed by atoms with Gasteiger partial charge in [-0.15, -0.1) is 0 Å². The highest BCUT2D eigenvalue weighted by atomic mass is 16.2. The second-order valence-corrected chi connectivity index (χ2v) is 6.10. The molecule has 1 aliphatic heterocycles. The van der Waals surface area contributed by atoms with Crippen LogP contribution in [0, 0.1) is 5.92 Å². The second kappa shape index (κ2) is 6.86. The fourth-order valence-corrected chi connectivity index (χ4v) is 3.38. The number of amides is 1. The number of carbonyl (C=O) groups is 1. The van der Waals surface area contributed by atoms with E-state index in [1.165, 1.54) is 12.0 Å². The van der Waals surface area contributed by atoms with Crippen LogP contribution >= 0.6 is 0 Å². The number of hydrogen-bond donors (Lipinski definition) is 0. The molecule has 22 heavy (non-hydrogen) atoms. The molecule has 1 atom stereocenters. The number of rotatable bonds is 3. The summed E-state index contributed by atoms with van der Waals surface area (Å²) < 4.78 is 0. The van der Waals surface area contributed by atoms with Gasteiger partial charge in [-0.2, -0.15) is 0 Å². The first-order valence-corrected chi connectivity index (χ1v) is 8.23. The molecule has 0 radical (unpaired) electrons. The Balaban J connectivity index is 1.71. The highest BCUT2D eigenvalue weighted by Gasteiger charge is 2.20. The molecule has 1 unspecified atom stereocenters. The van der Waals surface area contributed by atoms with Crippen molar-refractivity contribution in [3.63, 3.8) is 0 Å². The van der Waals surface area contributed by atoms with Crippen LogP contribution in [0.15, 0.2) is 30.7 Å². The predicted molar refractivity (Wildman–Crippen MR) is 87.5 cm³/mol. The lowest BCUT2D eigenvalue weighted by molar-refractivity contribution is -0.130. The third-order valence-corrected chi connectivity index (χ3v) is 4.64. The Labute approximate surface area is 131 Å². The van der Waals surface area contributed by atoms with E-state index in [0.717, 1.165) is 43.3 Å². The first-order valence-electron chi connectivity index (χ1n) is 8.23. The molecule has 2 aromatic rings. The normalized spacial score (nSPS) is 19.1. The van der Waals surface area contributed by atoms with E-state index in [9.17, 15) is 4.79 Å². The van der Waals surface area contributed by atoms with Crippen molar-refractivity contribution < 1.29 is 4.79 Å². The Kier molecular flexibility index (Phi) is 4.66. The molecule has 1 amide bonds. The molecule has 0 aromatic carbocycles. The molecule has 1 aliphatic rings. The molecular formula is C18H23N3O. The summed E-state index contributed by atoms with van der Waals surface area (Å²) in [7, 11) is 0. The molecule has 3 heterocycles. The van der Waals surface area contributed by atoms with Crippen molar-refractivity contribution in [3.05, 3.63) is 36.3 Å². The molecule has 0 bridgehead atoms. The highest BCUT2D eigenvalue weighted by Crippen LogP contribution is 2.25. The van der Waals surface area contributed by atoms with Crippen LogP contribution in [-0.4, -0.2) is 33.9 Å². The van der Waals surface area contributed by atoms with Gasteiger partial charge in [0.15, 0.2) is 0 Å². The van der Waals surface area contributed by atoms with E-state index < -0.39 is 0 Å². The Hall–Kier alpha value is -1.97. The van der Waals surface area contributed by atoms with Crippen LogP contribution in [0.3, 0.4) is 0 Å². The summed E-state index contributed by atoms with van der Waals surface area (Å²) in [6.45, 7) is 3.77. The molecule has 1 saturated heterocycles. The zero-order valence-electron chi connectivity index (χ0n) is 13.2. The molecule has 3 rings (SSSR count). The zero-order valence-corrected chi connectivity index (χ0v) is 13.2. The Bertz CT molecular complexity index is 650. The average Bonchev–Trinajstić information content (AvgIpc) is 2.80. The van der Waals surface area contributed by atoms with Crippen LogP contribution in [0.5, 0.6) is 0 Å². The molecule has 4 nitrogen and oxygen atoms in total. The molecule has 0 saturated carbocycles. The fraction of sp³-hybridized carbons (Fsp3) is 0.500. The van der Waals surface area contributed by atoms with Gasteiger partial charge in [-0.25, -0.2) is 0 Å². The third kappa shape index (κ3) is 3.26. The monoisotopic (exact) mass is 297 g/mol. The molecule has 1 fully saturated rings. The lowest BCUT2D eigenvalue weighted by atomic mass is 9.92. The minimum absolute atomic E-state index is 0.291. The summed E-state index contributed by atoms with van der Waals surface area (Å²) in [5.41, 5.74) is 2.35. The standard InChI is InChI=1S/C18H23N3O/c1-2-18(22)21-10-3-4-14(7-11-21)12-15-5-9-20-17-6-8-19-13-16(15)17/h5-6,8-9,13-14H,2-4,7,10-12H2,1H3. The number of nitrogens with zero attached hydrogens (tertiary/aromatic N) is 3. The molecule has 0 N–H and O–H groups in total. The second-order valence-electron chi connectivity index (χ2n) is 6.10. The van der Waals surface area contributed by atoms with Crippen LogP contribution < -0.4 is 0 Å². The van der Waals surface area contributed by atoms with E-state index in [-0.39, 0.29) is 0 Å². The van der Waals surface area contributed by atoms with Crippen LogP contribution in [0.1, 0.15) is 38.2 Å². The molecule has 0 aliphatic carbocycles. The maximum absolute atomic E-state index is 11.9. The minimum atomic E-state index is 0.291. The molecular weight excluding hydrogens is 274 g/mol. The summed E-state index contributed by atoms with van der Waals surface area (Å²) in [5.74, 6) is 0.930. The maximum Gasteiger partial charge on any atom is 0.222 e. The number of aromatic nitrogens is 2. The van der Waals surface area contributed by atoms with Gasteiger partial charge in [-0.3, -0.25) is 14.8 Å².